The van der Waals surface area contributed by atoms with Crippen molar-refractivity contribution in [2.45, 2.75) is 37.9 Å². The van der Waals surface area contributed by atoms with E-state index in [1.165, 1.54) is 5.56 Å². The summed E-state index contributed by atoms with van der Waals surface area (Å²) >= 11 is 1.08. The lowest BCUT2D eigenvalue weighted by atomic mass is 9.87. The molecular formula is C16H19N3O3S. The van der Waals surface area contributed by atoms with Crippen LogP contribution >= 0.6 is 11.8 Å². The van der Waals surface area contributed by atoms with Crippen LogP contribution in [0.3, 0.4) is 0 Å². The number of hydrogen-bond acceptors (Lipinski definition) is 5. The van der Waals surface area contributed by atoms with E-state index in [2.05, 4.69) is 36.3 Å². The molecule has 0 aromatic heterocycles. The zero-order valence-electron chi connectivity index (χ0n) is 13.2. The van der Waals surface area contributed by atoms with Gasteiger partial charge in [-0.3, -0.25) is 9.59 Å². The van der Waals surface area contributed by atoms with Crippen molar-refractivity contribution in [3.8, 4) is 0 Å². The van der Waals surface area contributed by atoms with Crippen LogP contribution in [-0.4, -0.2) is 33.6 Å². The SMILES string of the molecule is CC(C)(C)c1ccc(/C=N/N=C2/NC(=O)[C@H](CC(=O)O)S2)cc1. The molecule has 0 saturated carbocycles. The lowest BCUT2D eigenvalue weighted by molar-refractivity contribution is -0.138. The van der Waals surface area contributed by atoms with Gasteiger partial charge in [0, 0.05) is 0 Å². The van der Waals surface area contributed by atoms with Crippen molar-refractivity contribution >= 4 is 35.0 Å². The Morgan fingerprint density at radius 2 is 2.00 bits per heavy atom. The topological polar surface area (TPSA) is 91.1 Å². The first-order valence-corrected chi connectivity index (χ1v) is 8.04. The van der Waals surface area contributed by atoms with E-state index in [-0.39, 0.29) is 17.7 Å². The molecule has 1 fully saturated rings. The molecule has 7 heteroatoms. The van der Waals surface area contributed by atoms with Gasteiger partial charge in [0.05, 0.1) is 12.6 Å². The van der Waals surface area contributed by atoms with E-state index in [9.17, 15) is 9.59 Å². The Bertz CT molecular complexity index is 660. The highest BCUT2D eigenvalue weighted by atomic mass is 32.2. The Morgan fingerprint density at radius 3 is 2.57 bits per heavy atom. The predicted octanol–water partition coefficient (Wildman–Crippen LogP) is 2.38. The monoisotopic (exact) mass is 333 g/mol. The lowest BCUT2D eigenvalue weighted by Crippen LogP contribution is -2.26. The Balaban J connectivity index is 1.99. The Hall–Kier alpha value is -2.15. The van der Waals surface area contributed by atoms with Gasteiger partial charge in [-0.2, -0.15) is 5.10 Å². The van der Waals surface area contributed by atoms with Crippen molar-refractivity contribution in [1.82, 2.24) is 5.32 Å². The van der Waals surface area contributed by atoms with Gasteiger partial charge in [-0.05, 0) is 16.5 Å². The molecule has 1 amide bonds. The number of nitrogens with zero attached hydrogens (tertiary/aromatic N) is 2. The summed E-state index contributed by atoms with van der Waals surface area (Å²) in [4.78, 5) is 22.2. The third-order valence-corrected chi connectivity index (χ3v) is 4.34. The Morgan fingerprint density at radius 1 is 1.35 bits per heavy atom. The molecule has 0 unspecified atom stereocenters. The summed E-state index contributed by atoms with van der Waals surface area (Å²) in [5.41, 5.74) is 2.23. The number of carboxylic acid groups (broad SMARTS) is 1. The van der Waals surface area contributed by atoms with E-state index in [1.54, 1.807) is 6.21 Å². The molecule has 0 bridgehead atoms. The largest absolute Gasteiger partial charge is 0.481 e. The van der Waals surface area contributed by atoms with Crippen LogP contribution in [0.5, 0.6) is 0 Å². The third-order valence-electron chi connectivity index (χ3n) is 3.27. The molecule has 0 radical (unpaired) electrons. The lowest BCUT2D eigenvalue weighted by Gasteiger charge is -2.18. The minimum absolute atomic E-state index is 0.0970. The van der Waals surface area contributed by atoms with Gasteiger partial charge in [-0.25, -0.2) is 0 Å². The number of amidine groups is 1. The van der Waals surface area contributed by atoms with Crippen molar-refractivity contribution in [1.29, 1.82) is 0 Å². The fraction of sp³-hybridized carbons (Fsp3) is 0.375. The number of hydrogen-bond donors (Lipinski definition) is 2. The number of amides is 1. The van der Waals surface area contributed by atoms with Gasteiger partial charge in [0.1, 0.15) is 5.25 Å². The van der Waals surface area contributed by atoms with Crippen molar-refractivity contribution in [2.75, 3.05) is 0 Å². The van der Waals surface area contributed by atoms with E-state index < -0.39 is 11.2 Å². The standard InChI is InChI=1S/C16H19N3O3S/c1-16(2,3)11-6-4-10(5-7-11)9-17-19-15-18-14(22)12(23-15)8-13(20)21/h4-7,9,12H,8H2,1-3H3,(H,20,21)(H,18,19,22)/b17-9+/t12-/m0/s1. The summed E-state index contributed by atoms with van der Waals surface area (Å²) in [6, 6.07) is 8.00. The van der Waals surface area contributed by atoms with E-state index >= 15 is 0 Å². The van der Waals surface area contributed by atoms with Crippen molar-refractivity contribution in [3.05, 3.63) is 35.4 Å². The summed E-state index contributed by atoms with van der Waals surface area (Å²) in [6.45, 7) is 6.45. The highest BCUT2D eigenvalue weighted by Gasteiger charge is 2.32. The molecule has 1 aromatic carbocycles. The maximum absolute atomic E-state index is 11.6. The molecule has 1 aliphatic heterocycles. The second-order valence-electron chi connectivity index (χ2n) is 6.22. The summed E-state index contributed by atoms with van der Waals surface area (Å²) in [6.07, 6.45) is 1.37. The Labute approximate surface area is 139 Å². The summed E-state index contributed by atoms with van der Waals surface area (Å²) in [5.74, 6) is -1.36. The van der Waals surface area contributed by atoms with Crippen LogP contribution in [0.4, 0.5) is 0 Å². The predicted molar refractivity (Wildman–Crippen MR) is 91.9 cm³/mol. The first kappa shape index (κ1) is 17.2. The number of carbonyl (C=O) groups is 2. The van der Waals surface area contributed by atoms with Crippen LogP contribution < -0.4 is 5.32 Å². The molecule has 0 aliphatic carbocycles. The summed E-state index contributed by atoms with van der Waals surface area (Å²) in [7, 11) is 0. The highest BCUT2D eigenvalue weighted by molar-refractivity contribution is 8.15. The summed E-state index contributed by atoms with van der Waals surface area (Å²) < 4.78 is 0. The molecule has 2 rings (SSSR count). The number of thioether (sulfide) groups is 1. The van der Waals surface area contributed by atoms with Gasteiger partial charge >= 0.3 is 5.97 Å². The van der Waals surface area contributed by atoms with E-state index in [0.717, 1.165) is 17.3 Å². The molecular weight excluding hydrogens is 314 g/mol. The number of aliphatic carboxylic acids is 1. The normalized spacial score (nSPS) is 20.2. The number of carbonyl (C=O) groups excluding carboxylic acids is 1. The minimum atomic E-state index is -1.01. The molecule has 122 valence electrons. The van der Waals surface area contributed by atoms with Gasteiger partial charge in [-0.1, -0.05) is 56.8 Å². The molecule has 1 heterocycles. The van der Waals surface area contributed by atoms with Crippen LogP contribution in [-0.2, 0) is 15.0 Å². The maximum atomic E-state index is 11.6. The van der Waals surface area contributed by atoms with Gasteiger partial charge in [-0.15, -0.1) is 5.10 Å². The smallest absolute Gasteiger partial charge is 0.305 e. The van der Waals surface area contributed by atoms with Crippen molar-refractivity contribution in [3.63, 3.8) is 0 Å². The van der Waals surface area contributed by atoms with Crippen LogP contribution in [0, 0.1) is 0 Å². The average molecular weight is 333 g/mol. The summed E-state index contributed by atoms with van der Waals surface area (Å²) in [5, 5.41) is 18.8. The minimum Gasteiger partial charge on any atom is -0.481 e. The first-order valence-electron chi connectivity index (χ1n) is 7.16. The number of benzene rings is 1. The average Bonchev–Trinajstić information content (AvgIpc) is 2.78. The van der Waals surface area contributed by atoms with Crippen molar-refractivity contribution < 1.29 is 14.7 Å². The molecule has 1 saturated heterocycles. The van der Waals surface area contributed by atoms with Crippen LogP contribution in [0.2, 0.25) is 0 Å². The first-order chi connectivity index (χ1) is 10.8. The van der Waals surface area contributed by atoms with Gasteiger partial charge in [0.25, 0.3) is 0 Å². The van der Waals surface area contributed by atoms with Crippen LogP contribution in [0.25, 0.3) is 0 Å². The van der Waals surface area contributed by atoms with E-state index in [0.29, 0.717) is 5.17 Å². The molecule has 1 aliphatic rings. The van der Waals surface area contributed by atoms with Crippen LogP contribution in [0.15, 0.2) is 34.5 Å². The van der Waals surface area contributed by atoms with Gasteiger partial charge in [0.2, 0.25) is 5.91 Å². The second kappa shape index (κ2) is 6.95. The molecule has 23 heavy (non-hydrogen) atoms. The van der Waals surface area contributed by atoms with Crippen LogP contribution in [0.1, 0.15) is 38.3 Å². The second-order valence-corrected chi connectivity index (χ2v) is 7.41. The number of rotatable bonds is 4. The fourth-order valence-electron chi connectivity index (χ4n) is 1.96. The number of carboxylic acids is 1. The van der Waals surface area contributed by atoms with Gasteiger partial charge in [0.15, 0.2) is 5.17 Å². The van der Waals surface area contributed by atoms with Gasteiger partial charge < -0.3 is 10.4 Å². The maximum Gasteiger partial charge on any atom is 0.305 e. The molecule has 2 N–H and O–H groups in total. The van der Waals surface area contributed by atoms with Crippen molar-refractivity contribution in [2.24, 2.45) is 10.2 Å². The zero-order chi connectivity index (χ0) is 17.0. The quantitative estimate of drug-likeness (QED) is 0.654. The van der Waals surface area contributed by atoms with E-state index in [4.69, 9.17) is 5.11 Å². The molecule has 1 aromatic rings. The Kier molecular flexibility index (Phi) is 5.20. The molecule has 6 nitrogen and oxygen atoms in total. The highest BCUT2D eigenvalue weighted by Crippen LogP contribution is 2.23. The molecule has 0 spiro atoms. The zero-order valence-corrected chi connectivity index (χ0v) is 14.1. The molecule has 1 atom stereocenters. The number of nitrogens with one attached hydrogen (secondary N) is 1. The third kappa shape index (κ3) is 4.92. The van der Waals surface area contributed by atoms with E-state index in [1.807, 2.05) is 24.3 Å². The fourth-order valence-corrected chi connectivity index (χ4v) is 2.88.